The molecule has 4 aromatic carbocycles. The highest BCUT2D eigenvalue weighted by molar-refractivity contribution is 6.03. The molecule has 2 heterocycles. The first-order valence-electron chi connectivity index (χ1n) is 25.3. The number of likely N-dealkylation sites (tertiary alicyclic amines) is 2. The molecule has 2 saturated heterocycles. The van der Waals surface area contributed by atoms with E-state index in [-0.39, 0.29) is 61.3 Å². The number of carbonyl (C=O) groups excluding carboxylic acids is 7. The molecule has 402 valence electrons. The number of carbonyl (C=O) groups is 7. The molecular formula is C57H83F2N7O7. The molecule has 0 aromatic heterocycles. The van der Waals surface area contributed by atoms with Crippen molar-refractivity contribution in [1.82, 2.24) is 20.4 Å². The van der Waals surface area contributed by atoms with Gasteiger partial charge in [-0.2, -0.15) is 0 Å². The second-order valence-electron chi connectivity index (χ2n) is 19.3. The maximum absolute atomic E-state index is 13.3. The molecule has 4 aromatic rings. The van der Waals surface area contributed by atoms with E-state index in [9.17, 15) is 42.3 Å². The van der Waals surface area contributed by atoms with E-state index in [1.54, 1.807) is 24.3 Å². The minimum atomic E-state index is -0.422. The molecule has 0 radical (unpaired) electrons. The van der Waals surface area contributed by atoms with Crippen LogP contribution in [0.1, 0.15) is 160 Å². The van der Waals surface area contributed by atoms with Crippen LogP contribution in [0.5, 0.6) is 0 Å². The Balaban J connectivity index is 0. The van der Waals surface area contributed by atoms with Crippen LogP contribution >= 0.6 is 0 Å². The lowest BCUT2D eigenvalue weighted by Gasteiger charge is -2.40. The number of nitrogens with zero attached hydrogens (tertiary/aromatic N) is 2. The third-order valence-corrected chi connectivity index (χ3v) is 13.6. The molecule has 14 nitrogen and oxygen atoms in total. The number of Topliss-reactive ketones (excluding diaryl/α,β-unsaturated/α-hetero) is 4. The second-order valence-corrected chi connectivity index (χ2v) is 19.3. The molecule has 0 unspecified atom stereocenters. The fraction of sp³-hybridized carbons (Fsp3) is 0.439. The van der Waals surface area contributed by atoms with Crippen molar-refractivity contribution in [2.45, 2.75) is 124 Å². The van der Waals surface area contributed by atoms with Gasteiger partial charge in [-0.05, 0) is 182 Å². The van der Waals surface area contributed by atoms with Gasteiger partial charge in [0.05, 0.1) is 5.84 Å². The van der Waals surface area contributed by atoms with Crippen LogP contribution in [0.15, 0.2) is 84.9 Å². The molecule has 0 saturated carbocycles. The van der Waals surface area contributed by atoms with Gasteiger partial charge in [-0.1, -0.05) is 31.2 Å². The second kappa shape index (κ2) is 27.6. The fourth-order valence-electron chi connectivity index (χ4n) is 9.71. The predicted octanol–water partition coefficient (Wildman–Crippen LogP) is 12.3. The van der Waals surface area contributed by atoms with Crippen molar-refractivity contribution in [1.29, 1.82) is 5.41 Å². The molecule has 4 atom stereocenters. The molecule has 5 amide bonds. The van der Waals surface area contributed by atoms with Crippen LogP contribution in [0.2, 0.25) is 0 Å². The summed E-state index contributed by atoms with van der Waals surface area (Å²) in [4.78, 5) is 88.6. The Morgan fingerprint density at radius 2 is 0.918 bits per heavy atom. The SMILES string of the molecule is CC(=N)N1CC[C@@H](Cc2ccc(F)cc2)C[C@@H]1CCCNC(=O)Nc1cc(C(C)=O)cc(C(C)=O)c1.CCC(=O)N1CC[C@@H](Cc2ccc(F)cc2)C[C@@H]1CCCNC(=O)Nc1cc(C(C)=O)cc(C(C)=O)c1.[HH].[HH].[HH].[HH].[HH].[HH]. The highest BCUT2D eigenvalue weighted by Gasteiger charge is 2.31. The summed E-state index contributed by atoms with van der Waals surface area (Å²) in [5.41, 5.74) is 4.45. The lowest BCUT2D eigenvalue weighted by Crippen LogP contribution is -2.46. The van der Waals surface area contributed by atoms with Crippen molar-refractivity contribution >= 4 is 58.3 Å². The quantitative estimate of drug-likeness (QED) is 0.0264. The third kappa shape index (κ3) is 18.2. The number of amidine groups is 1. The van der Waals surface area contributed by atoms with Crippen LogP contribution in [0.25, 0.3) is 0 Å². The zero-order valence-corrected chi connectivity index (χ0v) is 43.0. The maximum Gasteiger partial charge on any atom is 0.319 e. The fourth-order valence-corrected chi connectivity index (χ4v) is 9.71. The number of piperidine rings is 2. The van der Waals surface area contributed by atoms with Gasteiger partial charge >= 0.3 is 12.1 Å². The summed E-state index contributed by atoms with van der Waals surface area (Å²) < 4.78 is 26.5. The van der Waals surface area contributed by atoms with Crippen LogP contribution in [0, 0.1) is 28.9 Å². The van der Waals surface area contributed by atoms with Gasteiger partial charge in [0.2, 0.25) is 5.91 Å². The number of halogens is 2. The van der Waals surface area contributed by atoms with E-state index < -0.39 is 12.1 Å². The Hall–Kier alpha value is -7.10. The van der Waals surface area contributed by atoms with Gasteiger partial charge in [0.1, 0.15) is 11.6 Å². The van der Waals surface area contributed by atoms with Crippen LogP contribution in [-0.4, -0.2) is 95.0 Å². The molecule has 0 aliphatic carbocycles. The van der Waals surface area contributed by atoms with Crippen LogP contribution in [0.3, 0.4) is 0 Å². The smallest absolute Gasteiger partial charge is 0.319 e. The van der Waals surface area contributed by atoms with Gasteiger partial charge in [0.15, 0.2) is 23.1 Å². The lowest BCUT2D eigenvalue weighted by atomic mass is 9.84. The summed E-state index contributed by atoms with van der Waals surface area (Å²) in [6.07, 6.45) is 8.99. The van der Waals surface area contributed by atoms with Crippen molar-refractivity contribution in [2.75, 3.05) is 36.8 Å². The molecule has 73 heavy (non-hydrogen) atoms. The zero-order chi connectivity index (χ0) is 53.2. The minimum absolute atomic E-state index is 0. The van der Waals surface area contributed by atoms with Crippen molar-refractivity contribution in [3.8, 4) is 0 Å². The van der Waals surface area contributed by atoms with Gasteiger partial charge in [-0.15, -0.1) is 0 Å². The van der Waals surface area contributed by atoms with Crippen LogP contribution in [0.4, 0.5) is 29.7 Å². The molecule has 2 fully saturated rings. The molecule has 2 aliphatic heterocycles. The Morgan fingerprint density at radius 1 is 0.562 bits per heavy atom. The van der Waals surface area contributed by atoms with E-state index in [0.29, 0.717) is 83.8 Å². The lowest BCUT2D eigenvalue weighted by molar-refractivity contribution is -0.135. The molecule has 5 N–H and O–H groups in total. The number of hydrogen-bond donors (Lipinski definition) is 5. The van der Waals surface area contributed by atoms with Crippen LogP contribution < -0.4 is 21.3 Å². The van der Waals surface area contributed by atoms with Gasteiger partial charge in [0.25, 0.3) is 0 Å². The first kappa shape index (κ1) is 56.8. The average Bonchev–Trinajstić information content (AvgIpc) is 3.35. The largest absolute Gasteiger partial charge is 0.358 e. The monoisotopic (exact) mass is 1020 g/mol. The number of anilines is 2. The number of hydrogen-bond acceptors (Lipinski definition) is 8. The van der Waals surface area contributed by atoms with Gasteiger partial charge in [0, 0.05) is 86.9 Å². The van der Waals surface area contributed by atoms with Crippen molar-refractivity contribution < 1.29 is 50.9 Å². The van der Waals surface area contributed by atoms with Gasteiger partial charge in [-0.3, -0.25) is 29.4 Å². The third-order valence-electron chi connectivity index (χ3n) is 13.6. The van der Waals surface area contributed by atoms with E-state index in [1.165, 1.54) is 64.1 Å². The number of rotatable bonds is 19. The van der Waals surface area contributed by atoms with E-state index in [4.69, 9.17) is 5.41 Å². The van der Waals surface area contributed by atoms with E-state index in [2.05, 4.69) is 26.2 Å². The minimum Gasteiger partial charge on any atom is -0.358 e. The van der Waals surface area contributed by atoms with Gasteiger partial charge < -0.3 is 31.1 Å². The van der Waals surface area contributed by atoms with Crippen molar-refractivity contribution in [3.05, 3.63) is 130 Å². The number of benzene rings is 4. The topological polar surface area (TPSA) is 198 Å². The summed E-state index contributed by atoms with van der Waals surface area (Å²) in [5.74, 6) is 0.357. The van der Waals surface area contributed by atoms with Gasteiger partial charge in [-0.25, -0.2) is 18.4 Å². The first-order valence-corrected chi connectivity index (χ1v) is 25.3. The summed E-state index contributed by atoms with van der Waals surface area (Å²) in [6, 6.07) is 22.0. The van der Waals surface area contributed by atoms with E-state index in [0.717, 1.165) is 75.5 Å². The zero-order valence-electron chi connectivity index (χ0n) is 43.0. The molecule has 16 heteroatoms. The highest BCUT2D eigenvalue weighted by atomic mass is 19.1. The summed E-state index contributed by atoms with van der Waals surface area (Å²) in [6.45, 7) is 11.7. The summed E-state index contributed by atoms with van der Waals surface area (Å²) >= 11 is 0. The normalized spacial score (nSPS) is 17.3. The number of amides is 5. The number of nitrogens with one attached hydrogen (secondary N) is 5. The van der Waals surface area contributed by atoms with Crippen molar-refractivity contribution in [3.63, 3.8) is 0 Å². The van der Waals surface area contributed by atoms with E-state index >= 15 is 0 Å². The summed E-state index contributed by atoms with van der Waals surface area (Å²) in [5, 5.41) is 19.2. The Kier molecular flexibility index (Phi) is 21.5. The molecule has 0 bridgehead atoms. The number of urea groups is 2. The summed E-state index contributed by atoms with van der Waals surface area (Å²) in [7, 11) is 0. The standard InChI is InChI=1S/C29H36FN3O4.C28H35FN4O3.6H2/c1-4-28(36)33-13-11-22(14-21-7-9-25(30)10-8-21)15-27(33)6-5-12-31-29(37)32-26-17-23(19(2)34)16-24(18-26)20(3)35;1-18(34)23-15-24(19(2)35)17-26(16-23)32-28(36)31-11-4-5-27-14-22(10-12-33(27)20(3)30)13-21-6-8-25(29)9-7-21;;;;;;/h7-10,16-18,22,27H,4-6,11-15H2,1-3H3,(H2,31,32,37);6-9,15-17,22,27,30H,4-5,10-14H2,1-3H3,(H2,31,32,36);6*1H/t2*22-,27-;;;;;;/m00....../s1. The van der Waals surface area contributed by atoms with E-state index in [1.807, 2.05) is 43.0 Å². The van der Waals surface area contributed by atoms with Crippen LogP contribution in [-0.2, 0) is 17.6 Å². The Morgan fingerprint density at radius 3 is 1.26 bits per heavy atom. The first-order chi connectivity index (χ1) is 34.8. The molecule has 6 rings (SSSR count). The highest BCUT2D eigenvalue weighted by Crippen LogP contribution is 2.31. The Labute approximate surface area is 436 Å². The Bertz CT molecular complexity index is 2570. The molecular weight excluding hydrogens is 933 g/mol. The predicted molar refractivity (Wildman–Crippen MR) is 293 cm³/mol. The molecule has 2 aliphatic rings. The maximum atomic E-state index is 13.3. The number of ketones is 4. The van der Waals surface area contributed by atoms with Crippen molar-refractivity contribution in [2.24, 2.45) is 11.8 Å². The average molecular weight is 1020 g/mol. The molecule has 0 spiro atoms.